The van der Waals surface area contributed by atoms with Crippen molar-refractivity contribution in [3.05, 3.63) is 35.4 Å². The first-order chi connectivity index (χ1) is 9.43. The van der Waals surface area contributed by atoms with Crippen LogP contribution in [-0.4, -0.2) is 17.7 Å². The lowest BCUT2D eigenvalue weighted by Gasteiger charge is -2.33. The van der Waals surface area contributed by atoms with Crippen LogP contribution in [0.25, 0.3) is 0 Å². The fourth-order valence-corrected chi connectivity index (χ4v) is 2.87. The molecule has 1 fully saturated rings. The molecule has 0 radical (unpaired) electrons. The third kappa shape index (κ3) is 3.33. The van der Waals surface area contributed by atoms with Crippen LogP contribution < -0.4 is 5.32 Å². The first kappa shape index (κ1) is 15.3. The molecule has 5 heteroatoms. The number of halogens is 3. The van der Waals surface area contributed by atoms with Crippen LogP contribution in [0.5, 0.6) is 0 Å². The molecule has 1 aliphatic heterocycles. The summed E-state index contributed by atoms with van der Waals surface area (Å²) in [5, 5.41) is 13.5. The Morgan fingerprint density at radius 1 is 1.35 bits per heavy atom. The first-order valence-corrected chi connectivity index (χ1v) is 7.01. The zero-order valence-electron chi connectivity index (χ0n) is 11.5. The lowest BCUT2D eigenvalue weighted by Crippen LogP contribution is -2.42. The van der Waals surface area contributed by atoms with E-state index in [-0.39, 0.29) is 11.6 Å². The third-order valence-corrected chi connectivity index (χ3v) is 4.09. The summed E-state index contributed by atoms with van der Waals surface area (Å²) in [6.45, 7) is 2.82. The van der Waals surface area contributed by atoms with E-state index in [0.717, 1.165) is 25.5 Å². The minimum absolute atomic E-state index is 0.0331. The van der Waals surface area contributed by atoms with Gasteiger partial charge in [0.05, 0.1) is 11.7 Å². The molecule has 1 heterocycles. The Hall–Kier alpha value is -1.07. The van der Waals surface area contributed by atoms with Gasteiger partial charge in [-0.1, -0.05) is 31.5 Å². The quantitative estimate of drug-likeness (QED) is 0.891. The van der Waals surface area contributed by atoms with Gasteiger partial charge >= 0.3 is 6.18 Å². The Bertz CT molecular complexity index is 447. The molecule has 1 aromatic carbocycles. The maximum Gasteiger partial charge on any atom is 0.416 e. The summed E-state index contributed by atoms with van der Waals surface area (Å²) in [6, 6.07) is 4.97. The van der Waals surface area contributed by atoms with Crippen LogP contribution in [0.15, 0.2) is 24.3 Å². The Balaban J connectivity index is 2.23. The van der Waals surface area contributed by atoms with Crippen LogP contribution in [-0.2, 0) is 6.18 Å². The molecule has 112 valence electrons. The fourth-order valence-electron chi connectivity index (χ4n) is 2.87. The van der Waals surface area contributed by atoms with E-state index in [2.05, 4.69) is 12.2 Å². The zero-order chi connectivity index (χ0) is 14.8. The van der Waals surface area contributed by atoms with Gasteiger partial charge in [0.1, 0.15) is 0 Å². The average molecular weight is 287 g/mol. The molecule has 2 nitrogen and oxygen atoms in total. The van der Waals surface area contributed by atoms with E-state index in [0.29, 0.717) is 12.3 Å². The van der Waals surface area contributed by atoms with Gasteiger partial charge < -0.3 is 10.4 Å². The van der Waals surface area contributed by atoms with Crippen LogP contribution in [0.3, 0.4) is 0 Å². The van der Waals surface area contributed by atoms with Gasteiger partial charge in [-0.2, -0.15) is 13.2 Å². The molecular formula is C15H20F3NO. The molecule has 0 amide bonds. The monoisotopic (exact) mass is 287 g/mol. The molecule has 0 saturated carbocycles. The normalized spacial score (nSPS) is 25.4. The van der Waals surface area contributed by atoms with E-state index in [1.807, 2.05) is 0 Å². The van der Waals surface area contributed by atoms with Crippen LogP contribution >= 0.6 is 0 Å². The van der Waals surface area contributed by atoms with Crippen molar-refractivity contribution in [1.82, 2.24) is 5.32 Å². The molecule has 3 unspecified atom stereocenters. The largest absolute Gasteiger partial charge is 0.416 e. The second kappa shape index (κ2) is 6.14. The number of piperidine rings is 1. The predicted octanol–water partition coefficient (Wildman–Crippen LogP) is 3.52. The lowest BCUT2D eigenvalue weighted by atomic mass is 9.85. The van der Waals surface area contributed by atoms with E-state index < -0.39 is 17.8 Å². The van der Waals surface area contributed by atoms with Crippen LogP contribution in [0.2, 0.25) is 0 Å². The predicted molar refractivity (Wildman–Crippen MR) is 71.2 cm³/mol. The van der Waals surface area contributed by atoms with Crippen molar-refractivity contribution in [2.45, 2.75) is 44.5 Å². The summed E-state index contributed by atoms with van der Waals surface area (Å²) in [5.41, 5.74) is -0.776. The number of hydrogen-bond acceptors (Lipinski definition) is 2. The van der Waals surface area contributed by atoms with E-state index >= 15 is 0 Å². The highest BCUT2D eigenvalue weighted by Crippen LogP contribution is 2.37. The molecule has 20 heavy (non-hydrogen) atoms. The van der Waals surface area contributed by atoms with E-state index in [9.17, 15) is 18.3 Å². The van der Waals surface area contributed by atoms with Crippen molar-refractivity contribution in [3.63, 3.8) is 0 Å². The first-order valence-electron chi connectivity index (χ1n) is 7.01. The second-order valence-corrected chi connectivity index (χ2v) is 5.39. The van der Waals surface area contributed by atoms with Gasteiger partial charge in [0.25, 0.3) is 0 Å². The van der Waals surface area contributed by atoms with Crippen molar-refractivity contribution in [2.24, 2.45) is 5.92 Å². The van der Waals surface area contributed by atoms with Crippen LogP contribution in [0.4, 0.5) is 13.2 Å². The van der Waals surface area contributed by atoms with Gasteiger partial charge in [-0.05, 0) is 36.9 Å². The number of hydrogen-bond donors (Lipinski definition) is 2. The average Bonchev–Trinajstić information content (AvgIpc) is 2.45. The van der Waals surface area contributed by atoms with Crippen LogP contribution in [0.1, 0.15) is 43.4 Å². The molecule has 1 aliphatic rings. The molecule has 2 N–H and O–H groups in total. The van der Waals surface area contributed by atoms with Crippen molar-refractivity contribution in [2.75, 3.05) is 6.54 Å². The summed E-state index contributed by atoms with van der Waals surface area (Å²) in [7, 11) is 0. The number of alkyl halides is 3. The topological polar surface area (TPSA) is 32.3 Å². The maximum absolute atomic E-state index is 13.0. The minimum Gasteiger partial charge on any atom is -0.387 e. The van der Waals surface area contributed by atoms with Gasteiger partial charge in [0.15, 0.2) is 0 Å². The summed E-state index contributed by atoms with van der Waals surface area (Å²) in [6.07, 6.45) is -2.84. The minimum atomic E-state index is -4.43. The molecule has 3 atom stereocenters. The van der Waals surface area contributed by atoms with Gasteiger partial charge in [-0.15, -0.1) is 0 Å². The summed E-state index contributed by atoms with van der Waals surface area (Å²) in [4.78, 5) is 0. The third-order valence-electron chi connectivity index (χ3n) is 4.09. The van der Waals surface area contributed by atoms with Gasteiger partial charge in [0, 0.05) is 6.04 Å². The molecule has 2 rings (SSSR count). The molecule has 0 aromatic heterocycles. The standard InChI is InChI=1S/C15H20F3NO/c1-2-10-7-8-19-13(9-10)14(20)11-5-3-4-6-12(11)15(16,17)18/h3-6,10,13-14,19-20H,2,7-9H2,1H3. The SMILES string of the molecule is CCC1CCNC(C(O)c2ccccc2C(F)(F)F)C1. The highest BCUT2D eigenvalue weighted by atomic mass is 19.4. The number of rotatable bonds is 3. The van der Waals surface area contributed by atoms with E-state index in [4.69, 9.17) is 0 Å². The second-order valence-electron chi connectivity index (χ2n) is 5.39. The molecular weight excluding hydrogens is 267 g/mol. The Labute approximate surface area is 117 Å². The molecule has 0 bridgehead atoms. The summed E-state index contributed by atoms with van der Waals surface area (Å²) >= 11 is 0. The van der Waals surface area contributed by atoms with Gasteiger partial charge in [-0.3, -0.25) is 0 Å². The van der Waals surface area contributed by atoms with Crippen molar-refractivity contribution in [3.8, 4) is 0 Å². The molecule has 0 spiro atoms. The number of nitrogens with one attached hydrogen (secondary N) is 1. The van der Waals surface area contributed by atoms with E-state index in [1.165, 1.54) is 18.2 Å². The van der Waals surface area contributed by atoms with Gasteiger partial charge in [-0.25, -0.2) is 0 Å². The van der Waals surface area contributed by atoms with E-state index in [1.54, 1.807) is 0 Å². The number of aliphatic hydroxyl groups excluding tert-OH is 1. The van der Waals surface area contributed by atoms with Crippen molar-refractivity contribution in [1.29, 1.82) is 0 Å². The Kier molecular flexibility index (Phi) is 4.70. The number of aliphatic hydroxyl groups is 1. The Morgan fingerprint density at radius 3 is 2.70 bits per heavy atom. The van der Waals surface area contributed by atoms with Gasteiger partial charge in [0.2, 0.25) is 0 Å². The van der Waals surface area contributed by atoms with Crippen molar-refractivity contribution < 1.29 is 18.3 Å². The van der Waals surface area contributed by atoms with Crippen LogP contribution in [0, 0.1) is 5.92 Å². The lowest BCUT2D eigenvalue weighted by molar-refractivity contribution is -0.139. The molecule has 1 aromatic rings. The smallest absolute Gasteiger partial charge is 0.387 e. The fraction of sp³-hybridized carbons (Fsp3) is 0.600. The zero-order valence-corrected chi connectivity index (χ0v) is 11.5. The highest BCUT2D eigenvalue weighted by Gasteiger charge is 2.37. The maximum atomic E-state index is 13.0. The molecule has 1 saturated heterocycles. The summed E-state index contributed by atoms with van der Waals surface area (Å²) < 4.78 is 39.0. The molecule has 0 aliphatic carbocycles. The Morgan fingerprint density at radius 2 is 2.05 bits per heavy atom. The number of benzene rings is 1. The summed E-state index contributed by atoms with van der Waals surface area (Å²) in [5.74, 6) is 0.467. The highest BCUT2D eigenvalue weighted by molar-refractivity contribution is 5.32. The van der Waals surface area contributed by atoms with Crippen molar-refractivity contribution >= 4 is 0 Å².